The molecule has 2 aliphatic heterocycles. The number of carbonyl (C=O) groups excluding carboxylic acids is 1. The summed E-state index contributed by atoms with van der Waals surface area (Å²) in [6.07, 6.45) is 6.16. The van der Waals surface area contributed by atoms with Gasteiger partial charge in [-0.3, -0.25) is 15.0 Å². The van der Waals surface area contributed by atoms with Gasteiger partial charge in [-0.1, -0.05) is 18.2 Å². The molecule has 1 saturated heterocycles. The molecule has 3 aromatic rings. The zero-order valence-corrected chi connectivity index (χ0v) is 21.6. The Morgan fingerprint density at radius 1 is 1.22 bits per heavy atom. The van der Waals surface area contributed by atoms with Crippen LogP contribution in [0.25, 0.3) is 10.9 Å². The first-order valence-corrected chi connectivity index (χ1v) is 14.2. The zero-order valence-electron chi connectivity index (χ0n) is 20.8. The Balaban J connectivity index is 1.52. The van der Waals surface area contributed by atoms with Gasteiger partial charge in [0.25, 0.3) is 0 Å². The van der Waals surface area contributed by atoms with Gasteiger partial charge >= 0.3 is 0 Å². The predicted molar refractivity (Wildman–Crippen MR) is 136 cm³/mol. The third kappa shape index (κ3) is 4.84. The van der Waals surface area contributed by atoms with Crippen LogP contribution in [0.2, 0.25) is 0 Å². The lowest BCUT2D eigenvalue weighted by atomic mass is 9.89. The molecule has 10 nitrogen and oxygen atoms in total. The van der Waals surface area contributed by atoms with Crippen molar-refractivity contribution in [2.24, 2.45) is 0 Å². The molecule has 196 valence electrons. The van der Waals surface area contributed by atoms with E-state index < -0.39 is 27.6 Å². The Labute approximate surface area is 216 Å². The van der Waals surface area contributed by atoms with Gasteiger partial charge in [0.15, 0.2) is 5.72 Å². The molecule has 4 heterocycles. The van der Waals surface area contributed by atoms with E-state index in [0.717, 1.165) is 40.6 Å². The minimum absolute atomic E-state index is 0.0717. The third-order valence-electron chi connectivity index (χ3n) is 7.36. The molecule has 1 amide bonds. The van der Waals surface area contributed by atoms with Crippen LogP contribution in [0, 0.1) is 6.92 Å². The van der Waals surface area contributed by atoms with Gasteiger partial charge in [-0.2, -0.15) is 4.31 Å². The number of hydrogen-bond donors (Lipinski definition) is 2. The quantitative estimate of drug-likeness (QED) is 0.338. The van der Waals surface area contributed by atoms with Crippen LogP contribution < -0.4 is 5.48 Å². The summed E-state index contributed by atoms with van der Waals surface area (Å²) in [5.41, 5.74) is 4.08. The molecule has 5 rings (SSSR count). The third-order valence-corrected chi connectivity index (χ3v) is 9.33. The lowest BCUT2D eigenvalue weighted by Gasteiger charge is -2.44. The highest BCUT2D eigenvalue weighted by Gasteiger charge is 2.53. The molecule has 0 aliphatic carbocycles. The van der Waals surface area contributed by atoms with Crippen molar-refractivity contribution in [3.05, 3.63) is 65.4 Å². The van der Waals surface area contributed by atoms with Crippen LogP contribution in [0.15, 0.2) is 42.7 Å². The topological polar surface area (TPSA) is 135 Å². The molecule has 37 heavy (non-hydrogen) atoms. The standard InChI is InChI=1S/C26H31N5O5S/c1-18-21-16-36-26(24(21)20-9-2-3-10-22(20)29-18)12-4-5-15-31(26)37(34,35)17-19(8-6-11-23(32)30-33)25-27-13-7-14-28-25/h2-3,7,9-10,13-14,19,33H,4-6,8,11-12,15-17H2,1H3,(H,30,32)/t19-,26-/m1/s1. The average Bonchev–Trinajstić information content (AvgIpc) is 3.28. The highest BCUT2D eigenvalue weighted by atomic mass is 32.2. The van der Waals surface area contributed by atoms with Gasteiger partial charge in [0, 0.05) is 53.5 Å². The first kappa shape index (κ1) is 25.7. The Morgan fingerprint density at radius 3 is 2.78 bits per heavy atom. The number of aromatic nitrogens is 3. The number of fused-ring (bicyclic) bond motifs is 4. The second-order valence-electron chi connectivity index (χ2n) is 9.68. The molecule has 2 atom stereocenters. The van der Waals surface area contributed by atoms with Gasteiger partial charge in [-0.25, -0.2) is 23.9 Å². The Bertz CT molecular complexity index is 1400. The number of carbonyl (C=O) groups is 1. The van der Waals surface area contributed by atoms with Crippen molar-refractivity contribution in [1.82, 2.24) is 24.7 Å². The van der Waals surface area contributed by atoms with Gasteiger partial charge in [0.05, 0.1) is 17.9 Å². The lowest BCUT2D eigenvalue weighted by Crippen LogP contribution is -2.53. The number of amides is 1. The smallest absolute Gasteiger partial charge is 0.243 e. The van der Waals surface area contributed by atoms with Crippen molar-refractivity contribution in [2.75, 3.05) is 12.3 Å². The van der Waals surface area contributed by atoms with Crippen molar-refractivity contribution in [3.8, 4) is 0 Å². The number of hydroxylamine groups is 1. The van der Waals surface area contributed by atoms with Crippen LogP contribution in [0.1, 0.15) is 67.1 Å². The maximum Gasteiger partial charge on any atom is 0.243 e. The SMILES string of the molecule is Cc1nc2ccccc2c2c1CO[C@]21CCCCN1S(=O)(=O)C[C@@H](CCCC(=O)NO)c1ncccn1. The van der Waals surface area contributed by atoms with Crippen molar-refractivity contribution in [1.29, 1.82) is 0 Å². The second kappa shape index (κ2) is 10.4. The van der Waals surface area contributed by atoms with Crippen molar-refractivity contribution in [2.45, 2.75) is 63.7 Å². The summed E-state index contributed by atoms with van der Waals surface area (Å²) < 4.78 is 36.3. The van der Waals surface area contributed by atoms with Crippen molar-refractivity contribution >= 4 is 26.8 Å². The molecule has 2 aliphatic rings. The molecule has 2 aromatic heterocycles. The summed E-state index contributed by atoms with van der Waals surface area (Å²) in [5, 5.41) is 9.74. The van der Waals surface area contributed by atoms with Crippen LogP contribution in [-0.4, -0.2) is 51.1 Å². The molecule has 0 radical (unpaired) electrons. The van der Waals surface area contributed by atoms with Crippen LogP contribution in [-0.2, 0) is 31.9 Å². The molecule has 1 fully saturated rings. The summed E-state index contributed by atoms with van der Waals surface area (Å²) in [7, 11) is -3.84. The number of hydrogen-bond acceptors (Lipinski definition) is 8. The number of para-hydroxylation sites is 1. The number of pyridine rings is 1. The van der Waals surface area contributed by atoms with Crippen LogP contribution in [0.4, 0.5) is 0 Å². The fourth-order valence-electron chi connectivity index (χ4n) is 5.66. The summed E-state index contributed by atoms with van der Waals surface area (Å²) in [6.45, 7) is 2.61. The molecule has 0 saturated carbocycles. The van der Waals surface area contributed by atoms with E-state index >= 15 is 0 Å². The second-order valence-corrected chi connectivity index (χ2v) is 11.6. The Hall–Kier alpha value is -2.99. The largest absolute Gasteiger partial charge is 0.350 e. The fraction of sp³-hybridized carbons (Fsp3) is 0.462. The van der Waals surface area contributed by atoms with E-state index in [1.54, 1.807) is 28.2 Å². The maximum atomic E-state index is 14.2. The van der Waals surface area contributed by atoms with E-state index in [9.17, 15) is 13.2 Å². The molecule has 0 bridgehead atoms. The van der Waals surface area contributed by atoms with E-state index in [-0.39, 0.29) is 12.2 Å². The van der Waals surface area contributed by atoms with Gasteiger partial charge in [0.1, 0.15) is 5.82 Å². The number of benzene rings is 1. The van der Waals surface area contributed by atoms with Gasteiger partial charge < -0.3 is 4.74 Å². The van der Waals surface area contributed by atoms with Crippen molar-refractivity contribution < 1.29 is 23.2 Å². The number of aryl methyl sites for hydroxylation is 1. The fourth-order valence-corrected chi connectivity index (χ4v) is 7.76. The Morgan fingerprint density at radius 2 is 2.00 bits per heavy atom. The normalized spacial score (nSPS) is 20.7. The molecule has 2 N–H and O–H groups in total. The number of sulfonamides is 1. The van der Waals surface area contributed by atoms with Crippen molar-refractivity contribution in [3.63, 3.8) is 0 Å². The lowest BCUT2D eigenvalue weighted by molar-refractivity contribution is -0.135. The van der Waals surface area contributed by atoms with E-state index in [1.807, 2.05) is 31.2 Å². The molecular formula is C26H31N5O5S. The average molecular weight is 526 g/mol. The highest BCUT2D eigenvalue weighted by molar-refractivity contribution is 7.89. The van der Waals surface area contributed by atoms with E-state index in [4.69, 9.17) is 14.9 Å². The summed E-state index contributed by atoms with van der Waals surface area (Å²) in [5.74, 6) is -0.828. The maximum absolute atomic E-state index is 14.2. The summed E-state index contributed by atoms with van der Waals surface area (Å²) in [6, 6.07) is 9.49. The molecule has 0 unspecified atom stereocenters. The minimum atomic E-state index is -3.84. The number of ether oxygens (including phenoxy) is 1. The highest BCUT2D eigenvalue weighted by Crippen LogP contribution is 2.50. The van der Waals surface area contributed by atoms with Gasteiger partial charge in [0.2, 0.25) is 15.9 Å². The zero-order chi connectivity index (χ0) is 26.0. The predicted octanol–water partition coefficient (Wildman–Crippen LogP) is 3.29. The minimum Gasteiger partial charge on any atom is -0.350 e. The number of nitrogens with one attached hydrogen (secondary N) is 1. The number of piperidine rings is 1. The van der Waals surface area contributed by atoms with E-state index in [1.165, 1.54) is 0 Å². The van der Waals surface area contributed by atoms with E-state index in [2.05, 4.69) is 9.97 Å². The molecule has 11 heteroatoms. The van der Waals surface area contributed by atoms with Crippen LogP contribution in [0.3, 0.4) is 0 Å². The number of nitrogens with zero attached hydrogens (tertiary/aromatic N) is 4. The summed E-state index contributed by atoms with van der Waals surface area (Å²) >= 11 is 0. The first-order chi connectivity index (χ1) is 17.9. The van der Waals surface area contributed by atoms with E-state index in [0.29, 0.717) is 38.2 Å². The Kier molecular flexibility index (Phi) is 7.21. The van der Waals surface area contributed by atoms with Crippen LogP contribution >= 0.6 is 0 Å². The molecular weight excluding hydrogens is 494 g/mol. The summed E-state index contributed by atoms with van der Waals surface area (Å²) in [4.78, 5) is 24.9. The van der Waals surface area contributed by atoms with Gasteiger partial charge in [-0.05, 0) is 51.2 Å². The molecule has 1 aromatic carbocycles. The number of rotatable bonds is 8. The van der Waals surface area contributed by atoms with Gasteiger partial charge in [-0.15, -0.1) is 0 Å². The monoisotopic (exact) mass is 525 g/mol. The first-order valence-electron chi connectivity index (χ1n) is 12.6. The van der Waals surface area contributed by atoms with Crippen LogP contribution in [0.5, 0.6) is 0 Å². The molecule has 1 spiro atoms.